The molecule has 5 nitrogen and oxygen atoms in total. The lowest BCUT2D eigenvalue weighted by molar-refractivity contribution is -0.137. The van der Waals surface area contributed by atoms with Crippen LogP contribution in [-0.4, -0.2) is 55.5 Å². The van der Waals surface area contributed by atoms with Gasteiger partial charge in [-0.05, 0) is 40.1 Å². The molecule has 25 heavy (non-hydrogen) atoms. The predicted octanol–water partition coefficient (Wildman–Crippen LogP) is 3.99. The Balaban J connectivity index is 3.34. The summed E-state index contributed by atoms with van der Waals surface area (Å²) in [5, 5.41) is 10.3. The molecule has 0 spiro atoms. The van der Waals surface area contributed by atoms with Gasteiger partial charge in [-0.25, -0.2) is 9.18 Å². The van der Waals surface area contributed by atoms with Crippen molar-refractivity contribution in [1.29, 1.82) is 0 Å². The van der Waals surface area contributed by atoms with E-state index < -0.39 is 17.5 Å². The van der Waals surface area contributed by atoms with Gasteiger partial charge in [-0.3, -0.25) is 4.99 Å². The van der Waals surface area contributed by atoms with E-state index in [0.717, 1.165) is 12.1 Å². The first kappa shape index (κ1) is 21.4. The molecule has 0 aliphatic carbocycles. The zero-order valence-electron chi connectivity index (χ0n) is 14.5. The third-order valence-electron chi connectivity index (χ3n) is 3.10. The molecular formula is C17H21Cl2FN2O3. The van der Waals surface area contributed by atoms with Crippen LogP contribution in [0.1, 0.15) is 19.4 Å². The Morgan fingerprint density at radius 3 is 2.60 bits per heavy atom. The summed E-state index contributed by atoms with van der Waals surface area (Å²) in [5.74, 6) is -2.08. The zero-order valence-corrected chi connectivity index (χ0v) is 16.0. The van der Waals surface area contributed by atoms with Gasteiger partial charge in [0.05, 0.1) is 22.7 Å². The van der Waals surface area contributed by atoms with Crippen LogP contribution in [0.25, 0.3) is 5.76 Å². The van der Waals surface area contributed by atoms with E-state index in [9.17, 15) is 14.3 Å². The summed E-state index contributed by atoms with van der Waals surface area (Å²) in [6, 6.07) is 1.97. The summed E-state index contributed by atoms with van der Waals surface area (Å²) in [7, 11) is 3.78. The van der Waals surface area contributed by atoms with Crippen molar-refractivity contribution in [2.24, 2.45) is 4.99 Å². The summed E-state index contributed by atoms with van der Waals surface area (Å²) < 4.78 is 18.6. The molecule has 138 valence electrons. The van der Waals surface area contributed by atoms with Crippen LogP contribution in [-0.2, 0) is 9.53 Å². The maximum Gasteiger partial charge on any atom is 0.343 e. The minimum atomic E-state index is -0.785. The van der Waals surface area contributed by atoms with Crippen molar-refractivity contribution in [3.63, 3.8) is 0 Å². The molecule has 0 saturated carbocycles. The minimum absolute atomic E-state index is 0.000406. The maximum absolute atomic E-state index is 13.7. The van der Waals surface area contributed by atoms with Crippen molar-refractivity contribution in [2.45, 2.75) is 19.9 Å². The fourth-order valence-corrected chi connectivity index (χ4v) is 2.52. The highest BCUT2D eigenvalue weighted by atomic mass is 35.5. The number of likely N-dealkylation sites (N-methyl/N-ethyl adjacent to an activating group) is 1. The Hall–Kier alpha value is -1.63. The molecule has 0 aliphatic heterocycles. The van der Waals surface area contributed by atoms with E-state index in [1.54, 1.807) is 6.92 Å². The second-order valence-corrected chi connectivity index (χ2v) is 6.43. The Morgan fingerprint density at radius 1 is 1.40 bits per heavy atom. The molecule has 0 bridgehead atoms. The average molecular weight is 391 g/mol. The summed E-state index contributed by atoms with van der Waals surface area (Å²) in [4.78, 5) is 18.3. The van der Waals surface area contributed by atoms with E-state index in [2.05, 4.69) is 4.99 Å². The van der Waals surface area contributed by atoms with Crippen LogP contribution < -0.4 is 0 Å². The van der Waals surface area contributed by atoms with Gasteiger partial charge in [0, 0.05) is 18.3 Å². The molecule has 1 atom stereocenters. The van der Waals surface area contributed by atoms with Gasteiger partial charge in [0.1, 0.15) is 17.1 Å². The number of carbonyl (C=O) groups is 1. The van der Waals surface area contributed by atoms with Crippen LogP contribution in [0.4, 0.5) is 4.39 Å². The third kappa shape index (κ3) is 6.30. The molecule has 1 aromatic carbocycles. The van der Waals surface area contributed by atoms with E-state index >= 15 is 0 Å². The first-order valence-corrected chi connectivity index (χ1v) is 8.36. The largest absolute Gasteiger partial charge is 0.506 e. The average Bonchev–Trinajstić information content (AvgIpc) is 2.50. The van der Waals surface area contributed by atoms with Crippen LogP contribution >= 0.6 is 23.2 Å². The lowest BCUT2D eigenvalue weighted by Crippen LogP contribution is -2.22. The topological polar surface area (TPSA) is 62.1 Å². The van der Waals surface area contributed by atoms with Gasteiger partial charge in [-0.2, -0.15) is 0 Å². The molecule has 0 aromatic heterocycles. The monoisotopic (exact) mass is 390 g/mol. The van der Waals surface area contributed by atoms with E-state index in [1.165, 1.54) is 6.21 Å². The number of aliphatic hydroxyl groups is 1. The SMILES string of the molecule is CCOC(=O)C(C=NC(C)CN(C)C)=C(O)c1cc(F)c(Cl)cc1Cl. The molecule has 0 radical (unpaired) electrons. The van der Waals surface area contributed by atoms with Crippen molar-refractivity contribution in [3.8, 4) is 0 Å². The van der Waals surface area contributed by atoms with Crippen LogP contribution in [0.3, 0.4) is 0 Å². The first-order valence-electron chi connectivity index (χ1n) is 7.60. The van der Waals surface area contributed by atoms with Crippen molar-refractivity contribution in [2.75, 3.05) is 27.2 Å². The van der Waals surface area contributed by atoms with Crippen LogP contribution in [0.15, 0.2) is 22.7 Å². The number of aliphatic imine (C=N–C) groups is 1. The molecule has 1 unspecified atom stereocenters. The van der Waals surface area contributed by atoms with E-state index in [1.807, 2.05) is 25.9 Å². The van der Waals surface area contributed by atoms with E-state index in [4.69, 9.17) is 27.9 Å². The van der Waals surface area contributed by atoms with Crippen LogP contribution in [0.2, 0.25) is 10.0 Å². The number of hydrogen-bond donors (Lipinski definition) is 1. The van der Waals surface area contributed by atoms with Crippen molar-refractivity contribution < 1.29 is 19.0 Å². The van der Waals surface area contributed by atoms with E-state index in [-0.39, 0.29) is 33.8 Å². The lowest BCUT2D eigenvalue weighted by atomic mass is 10.1. The number of halogens is 3. The number of hydrogen-bond acceptors (Lipinski definition) is 5. The quantitative estimate of drug-likeness (QED) is 0.251. The number of nitrogens with zero attached hydrogens (tertiary/aromatic N) is 2. The van der Waals surface area contributed by atoms with Gasteiger partial charge in [-0.15, -0.1) is 0 Å². The molecule has 0 fully saturated rings. The number of carbonyl (C=O) groups excluding carboxylic acids is 1. The number of benzene rings is 1. The fourth-order valence-electron chi connectivity index (χ4n) is 2.05. The van der Waals surface area contributed by atoms with Crippen LogP contribution in [0, 0.1) is 5.82 Å². The third-order valence-corrected chi connectivity index (χ3v) is 3.71. The minimum Gasteiger partial charge on any atom is -0.506 e. The Labute approximate surface area is 156 Å². The summed E-state index contributed by atoms with van der Waals surface area (Å²) >= 11 is 11.7. The normalized spacial score (nSPS) is 13.9. The summed E-state index contributed by atoms with van der Waals surface area (Å²) in [5.41, 5.74) is -0.283. The standard InChI is InChI=1S/C17H21Cl2FN2O3/c1-5-25-17(24)12(8-21-10(2)9-22(3)4)16(23)11-6-15(20)14(19)7-13(11)18/h6-8,10,23H,5,9H2,1-4H3. The Morgan fingerprint density at radius 2 is 2.04 bits per heavy atom. The molecule has 1 rings (SSSR count). The van der Waals surface area contributed by atoms with Gasteiger partial charge in [0.15, 0.2) is 0 Å². The number of aliphatic hydroxyl groups excluding tert-OH is 1. The van der Waals surface area contributed by atoms with Crippen molar-refractivity contribution in [1.82, 2.24) is 4.90 Å². The molecule has 8 heteroatoms. The second kappa shape index (κ2) is 9.75. The molecule has 0 heterocycles. The first-order chi connectivity index (χ1) is 11.7. The van der Waals surface area contributed by atoms with Gasteiger partial charge >= 0.3 is 5.97 Å². The van der Waals surface area contributed by atoms with Gasteiger partial charge < -0.3 is 14.7 Å². The highest BCUT2D eigenvalue weighted by molar-refractivity contribution is 6.36. The molecule has 0 amide bonds. The van der Waals surface area contributed by atoms with Crippen molar-refractivity contribution >= 4 is 41.1 Å². The number of rotatable bonds is 7. The number of esters is 1. The second-order valence-electron chi connectivity index (χ2n) is 5.62. The summed E-state index contributed by atoms with van der Waals surface area (Å²) in [6.07, 6.45) is 1.21. The van der Waals surface area contributed by atoms with Gasteiger partial charge in [-0.1, -0.05) is 23.2 Å². The van der Waals surface area contributed by atoms with Crippen molar-refractivity contribution in [3.05, 3.63) is 39.1 Å². The molecule has 1 N–H and O–H groups in total. The zero-order chi connectivity index (χ0) is 19.1. The summed E-state index contributed by atoms with van der Waals surface area (Å²) in [6.45, 7) is 4.24. The van der Waals surface area contributed by atoms with Crippen LogP contribution in [0.5, 0.6) is 0 Å². The Bertz CT molecular complexity index is 691. The lowest BCUT2D eigenvalue weighted by Gasteiger charge is -2.13. The van der Waals surface area contributed by atoms with Gasteiger partial charge in [0.25, 0.3) is 0 Å². The molecule has 0 saturated heterocycles. The smallest absolute Gasteiger partial charge is 0.343 e. The molecule has 0 aliphatic rings. The predicted molar refractivity (Wildman–Crippen MR) is 99.1 cm³/mol. The molecule has 1 aromatic rings. The Kier molecular flexibility index (Phi) is 8.35. The highest BCUT2D eigenvalue weighted by Gasteiger charge is 2.20. The fraction of sp³-hybridized carbons (Fsp3) is 0.412. The molecular weight excluding hydrogens is 370 g/mol. The van der Waals surface area contributed by atoms with E-state index in [0.29, 0.717) is 6.54 Å². The maximum atomic E-state index is 13.7. The van der Waals surface area contributed by atoms with Gasteiger partial charge in [0.2, 0.25) is 0 Å². The highest BCUT2D eigenvalue weighted by Crippen LogP contribution is 2.29. The number of ether oxygens (including phenoxy) is 1.